The van der Waals surface area contributed by atoms with Crippen LogP contribution >= 0.6 is 11.3 Å². The van der Waals surface area contributed by atoms with E-state index in [0.717, 1.165) is 40.1 Å². The Balaban J connectivity index is 2.18. The summed E-state index contributed by atoms with van der Waals surface area (Å²) >= 11 is 1.80. The summed E-state index contributed by atoms with van der Waals surface area (Å²) in [5, 5.41) is 11.5. The second-order valence-electron chi connectivity index (χ2n) is 8.87. The van der Waals surface area contributed by atoms with Gasteiger partial charge in [0.15, 0.2) is 0 Å². The number of fused-ring (bicyclic) bond motifs is 3. The monoisotopic (exact) mass is 407 g/mol. The Bertz CT molecular complexity index is 1090. The highest BCUT2D eigenvalue weighted by Gasteiger charge is 2.43. The Labute approximate surface area is 176 Å². The Morgan fingerprint density at radius 1 is 1.14 bits per heavy atom. The minimum Gasteiger partial charge on any atom is -0.481 e. The second-order valence-corrected chi connectivity index (χ2v) is 9.95. The molecule has 1 aromatic carbocycles. The smallest absolute Gasteiger partial charge is 0.314 e. The lowest BCUT2D eigenvalue weighted by Crippen LogP contribution is -2.39. The maximum Gasteiger partial charge on any atom is 0.314 e. The van der Waals surface area contributed by atoms with Crippen LogP contribution in [0.4, 0.5) is 0 Å². The Morgan fingerprint density at radius 2 is 1.79 bits per heavy atom. The molecule has 4 heteroatoms. The fourth-order valence-corrected chi connectivity index (χ4v) is 6.01. The molecule has 0 radical (unpaired) electrons. The highest BCUT2D eigenvalue weighted by atomic mass is 32.1. The molecule has 3 aromatic rings. The van der Waals surface area contributed by atoms with Crippen LogP contribution in [0.25, 0.3) is 21.3 Å². The summed E-state index contributed by atoms with van der Waals surface area (Å²) < 4.78 is 0. The van der Waals surface area contributed by atoms with Crippen molar-refractivity contribution in [2.24, 2.45) is 5.92 Å². The predicted octanol–water partition coefficient (Wildman–Crippen LogP) is 6.46. The van der Waals surface area contributed by atoms with Gasteiger partial charge in [0.25, 0.3) is 0 Å². The third-order valence-electron chi connectivity index (χ3n) is 6.74. The summed E-state index contributed by atoms with van der Waals surface area (Å²) in [5.41, 5.74) is 5.50. The number of aliphatic carboxylic acids is 1. The number of hydrogen-bond donors (Lipinski definition) is 1. The van der Waals surface area contributed by atoms with Crippen LogP contribution in [0.1, 0.15) is 60.9 Å². The number of rotatable bonds is 4. The lowest BCUT2D eigenvalue weighted by Gasteiger charge is -2.33. The molecular formula is C25H29NO2S. The molecule has 0 fully saturated rings. The van der Waals surface area contributed by atoms with E-state index in [4.69, 9.17) is 4.98 Å². The van der Waals surface area contributed by atoms with Crippen LogP contribution in [0.5, 0.6) is 0 Å². The van der Waals surface area contributed by atoms with Crippen LogP contribution in [0.2, 0.25) is 0 Å². The third kappa shape index (κ3) is 3.09. The molecule has 0 bridgehead atoms. The van der Waals surface area contributed by atoms with Gasteiger partial charge in [0.05, 0.1) is 5.41 Å². The topological polar surface area (TPSA) is 50.2 Å². The molecule has 2 heterocycles. The summed E-state index contributed by atoms with van der Waals surface area (Å²) in [5.74, 6) is -0.842. The van der Waals surface area contributed by atoms with E-state index in [1.807, 2.05) is 27.7 Å². The van der Waals surface area contributed by atoms with Crippen LogP contribution in [-0.2, 0) is 23.1 Å². The first-order chi connectivity index (χ1) is 13.7. The van der Waals surface area contributed by atoms with Crippen molar-refractivity contribution in [2.45, 2.75) is 65.7 Å². The fourth-order valence-electron chi connectivity index (χ4n) is 4.69. The molecule has 3 nitrogen and oxygen atoms in total. The van der Waals surface area contributed by atoms with Gasteiger partial charge in [-0.25, -0.2) is 4.98 Å². The van der Waals surface area contributed by atoms with Gasteiger partial charge < -0.3 is 5.11 Å². The average molecular weight is 408 g/mol. The highest BCUT2D eigenvalue weighted by molar-refractivity contribution is 7.19. The molecule has 1 aliphatic carbocycles. The number of carbonyl (C=O) groups is 1. The number of hydrogen-bond acceptors (Lipinski definition) is 3. The van der Waals surface area contributed by atoms with Gasteiger partial charge in [-0.2, -0.15) is 0 Å². The van der Waals surface area contributed by atoms with Crippen LogP contribution in [0.3, 0.4) is 0 Å². The van der Waals surface area contributed by atoms with Crippen molar-refractivity contribution < 1.29 is 9.90 Å². The first kappa shape index (κ1) is 20.1. The first-order valence-corrected chi connectivity index (χ1v) is 11.3. The quantitative estimate of drug-likeness (QED) is 0.540. The molecule has 1 N–H and O–H groups in total. The summed E-state index contributed by atoms with van der Waals surface area (Å²) in [4.78, 5) is 20.1. The molecule has 0 aliphatic heterocycles. The molecule has 29 heavy (non-hydrogen) atoms. The van der Waals surface area contributed by atoms with E-state index in [1.165, 1.54) is 34.2 Å². The van der Waals surface area contributed by atoms with E-state index >= 15 is 0 Å². The maximum atomic E-state index is 12.6. The van der Waals surface area contributed by atoms with Gasteiger partial charge in [-0.15, -0.1) is 11.3 Å². The fraction of sp³-hybridized carbons (Fsp3) is 0.440. The minimum atomic E-state index is -1.00. The zero-order valence-corrected chi connectivity index (χ0v) is 18.7. The number of carboxylic acid groups (broad SMARTS) is 1. The zero-order chi connectivity index (χ0) is 20.9. The van der Waals surface area contributed by atoms with Crippen molar-refractivity contribution in [2.75, 3.05) is 0 Å². The summed E-state index contributed by atoms with van der Waals surface area (Å²) in [6, 6.07) is 8.52. The van der Waals surface area contributed by atoms with Crippen molar-refractivity contribution in [1.29, 1.82) is 0 Å². The van der Waals surface area contributed by atoms with E-state index < -0.39 is 11.4 Å². The molecule has 0 spiro atoms. The van der Waals surface area contributed by atoms with Crippen molar-refractivity contribution in [1.82, 2.24) is 4.98 Å². The number of pyridine rings is 1. The molecule has 0 amide bonds. The van der Waals surface area contributed by atoms with Crippen molar-refractivity contribution in [3.8, 4) is 11.1 Å². The number of benzene rings is 1. The summed E-state index contributed by atoms with van der Waals surface area (Å²) in [6.45, 7) is 9.93. The highest BCUT2D eigenvalue weighted by Crippen LogP contribution is 2.48. The van der Waals surface area contributed by atoms with E-state index in [1.54, 1.807) is 11.3 Å². The van der Waals surface area contributed by atoms with Crippen LogP contribution in [-0.4, -0.2) is 16.1 Å². The molecule has 1 aliphatic rings. The first-order valence-electron chi connectivity index (χ1n) is 10.5. The van der Waals surface area contributed by atoms with Gasteiger partial charge >= 0.3 is 5.97 Å². The summed E-state index contributed by atoms with van der Waals surface area (Å²) in [7, 11) is 0. The van der Waals surface area contributed by atoms with Gasteiger partial charge in [0.1, 0.15) is 4.83 Å². The Hall–Kier alpha value is -2.20. The second kappa shape index (κ2) is 7.24. The van der Waals surface area contributed by atoms with Crippen molar-refractivity contribution in [3.63, 3.8) is 0 Å². The maximum absolute atomic E-state index is 12.6. The van der Waals surface area contributed by atoms with Crippen molar-refractivity contribution >= 4 is 27.5 Å². The molecule has 4 rings (SSSR count). The number of carboxylic acids is 1. The van der Waals surface area contributed by atoms with Gasteiger partial charge in [0.2, 0.25) is 0 Å². The van der Waals surface area contributed by atoms with E-state index in [9.17, 15) is 9.90 Å². The Morgan fingerprint density at radius 3 is 2.41 bits per heavy atom. The molecule has 0 saturated carbocycles. The summed E-state index contributed by atoms with van der Waals surface area (Å²) in [6.07, 6.45) is 4.59. The molecule has 152 valence electrons. The molecule has 1 atom stereocenters. The lowest BCUT2D eigenvalue weighted by atomic mass is 9.69. The molecular weight excluding hydrogens is 378 g/mol. The SMILES string of the molecule is Cc1ccc(-c2c(C(C)(C(=O)O)C(C)C)c(C)nc3sc4c(c23)CCCC4)cc1. The largest absolute Gasteiger partial charge is 0.481 e. The van der Waals surface area contributed by atoms with Crippen LogP contribution < -0.4 is 0 Å². The number of aromatic nitrogens is 1. The van der Waals surface area contributed by atoms with E-state index in [0.29, 0.717) is 0 Å². The molecule has 1 unspecified atom stereocenters. The minimum absolute atomic E-state index is 0.0587. The van der Waals surface area contributed by atoms with E-state index in [2.05, 4.69) is 31.2 Å². The van der Waals surface area contributed by atoms with Gasteiger partial charge in [-0.3, -0.25) is 4.79 Å². The van der Waals surface area contributed by atoms with E-state index in [-0.39, 0.29) is 5.92 Å². The Kier molecular flexibility index (Phi) is 5.02. The van der Waals surface area contributed by atoms with Crippen LogP contribution in [0.15, 0.2) is 24.3 Å². The van der Waals surface area contributed by atoms with Crippen LogP contribution in [0, 0.1) is 19.8 Å². The number of nitrogens with zero attached hydrogens (tertiary/aromatic N) is 1. The lowest BCUT2D eigenvalue weighted by molar-refractivity contribution is -0.145. The number of thiophene rings is 1. The van der Waals surface area contributed by atoms with Gasteiger partial charge in [-0.05, 0) is 74.6 Å². The van der Waals surface area contributed by atoms with Gasteiger partial charge in [-0.1, -0.05) is 43.7 Å². The predicted molar refractivity (Wildman–Crippen MR) is 121 cm³/mol. The zero-order valence-electron chi connectivity index (χ0n) is 17.9. The third-order valence-corrected chi connectivity index (χ3v) is 7.93. The van der Waals surface area contributed by atoms with Gasteiger partial charge in [0, 0.05) is 16.0 Å². The molecule has 2 aromatic heterocycles. The molecule has 0 saturated heterocycles. The normalized spacial score (nSPS) is 16.1. The standard InChI is InChI=1S/C25H29NO2S/c1-14(2)25(5,24(27)28)22-16(4)26-23-21(18-8-6-7-9-19(18)29-23)20(22)17-12-10-15(3)11-13-17/h10-14H,6-9H2,1-5H3,(H,27,28). The number of aryl methyl sites for hydroxylation is 4. The van der Waals surface area contributed by atoms with Crippen molar-refractivity contribution in [3.05, 3.63) is 51.5 Å². The average Bonchev–Trinajstić information content (AvgIpc) is 3.04.